The summed E-state index contributed by atoms with van der Waals surface area (Å²) in [4.78, 5) is 15.0. The smallest absolute Gasteiger partial charge is 0.309 e. The Labute approximate surface area is 111 Å². The van der Waals surface area contributed by atoms with Gasteiger partial charge in [-0.25, -0.2) is 4.98 Å². The zero-order chi connectivity index (χ0) is 13.8. The summed E-state index contributed by atoms with van der Waals surface area (Å²) in [6.45, 7) is 0. The molecule has 0 aliphatic rings. The molecule has 5 nitrogen and oxygen atoms in total. The molecule has 0 aliphatic heterocycles. The molecule has 0 fully saturated rings. The molecular weight excluding hydrogens is 244 g/mol. The number of nitrogens with zero attached hydrogens (tertiary/aromatic N) is 2. The second-order valence-corrected chi connectivity index (χ2v) is 4.28. The Hall–Kier alpha value is -2.30. The van der Waals surface area contributed by atoms with E-state index in [2.05, 4.69) is 4.98 Å². The number of carbonyl (C=O) groups is 1. The van der Waals surface area contributed by atoms with Crippen LogP contribution in [0.25, 0.3) is 0 Å². The van der Waals surface area contributed by atoms with Crippen molar-refractivity contribution in [2.24, 2.45) is 7.05 Å². The van der Waals surface area contributed by atoms with Crippen molar-refractivity contribution in [1.82, 2.24) is 9.55 Å². The molecule has 0 bridgehead atoms. The predicted octanol–water partition coefficient (Wildman–Crippen LogP) is 1.65. The van der Waals surface area contributed by atoms with E-state index < -0.39 is 5.97 Å². The van der Waals surface area contributed by atoms with Gasteiger partial charge in [-0.05, 0) is 6.07 Å². The van der Waals surface area contributed by atoms with Gasteiger partial charge in [0.05, 0.1) is 13.5 Å². The first-order valence-electron chi connectivity index (χ1n) is 5.95. The number of imidazole rings is 1. The van der Waals surface area contributed by atoms with Crippen LogP contribution in [0.3, 0.4) is 0 Å². The summed E-state index contributed by atoms with van der Waals surface area (Å²) < 4.78 is 7.12. The maximum absolute atomic E-state index is 10.7. The third-order valence-corrected chi connectivity index (χ3v) is 3.05. The molecule has 0 saturated heterocycles. The van der Waals surface area contributed by atoms with Crippen molar-refractivity contribution in [3.05, 3.63) is 47.5 Å². The normalized spacial score (nSPS) is 10.4. The van der Waals surface area contributed by atoms with Gasteiger partial charge >= 0.3 is 5.97 Å². The topological polar surface area (TPSA) is 64.3 Å². The maximum Gasteiger partial charge on any atom is 0.309 e. The van der Waals surface area contributed by atoms with E-state index in [0.717, 1.165) is 17.1 Å². The van der Waals surface area contributed by atoms with E-state index in [-0.39, 0.29) is 6.42 Å². The lowest BCUT2D eigenvalue weighted by atomic mass is 10.1. The monoisotopic (exact) mass is 260 g/mol. The van der Waals surface area contributed by atoms with Gasteiger partial charge in [-0.3, -0.25) is 4.79 Å². The average molecular weight is 260 g/mol. The lowest BCUT2D eigenvalue weighted by Crippen LogP contribution is -2.08. The highest BCUT2D eigenvalue weighted by Gasteiger charge is 2.11. The van der Waals surface area contributed by atoms with Gasteiger partial charge < -0.3 is 14.4 Å². The molecule has 1 N–H and O–H groups in total. The van der Waals surface area contributed by atoms with E-state index in [9.17, 15) is 4.79 Å². The number of carboxylic acid groups (broad SMARTS) is 1. The second kappa shape index (κ2) is 5.56. The predicted molar refractivity (Wildman–Crippen MR) is 70.3 cm³/mol. The van der Waals surface area contributed by atoms with Crippen molar-refractivity contribution in [2.75, 3.05) is 7.11 Å². The van der Waals surface area contributed by atoms with Crippen molar-refractivity contribution >= 4 is 5.97 Å². The van der Waals surface area contributed by atoms with Gasteiger partial charge in [-0.2, -0.15) is 0 Å². The second-order valence-electron chi connectivity index (χ2n) is 4.28. The van der Waals surface area contributed by atoms with Crippen LogP contribution in [-0.4, -0.2) is 27.7 Å². The molecule has 0 amide bonds. The number of aromatic nitrogens is 2. The summed E-state index contributed by atoms with van der Waals surface area (Å²) in [6, 6.07) is 7.73. The minimum Gasteiger partial charge on any atom is -0.496 e. The van der Waals surface area contributed by atoms with E-state index in [1.54, 1.807) is 13.3 Å². The fourth-order valence-electron chi connectivity index (χ4n) is 1.99. The fourth-order valence-corrected chi connectivity index (χ4v) is 1.99. The van der Waals surface area contributed by atoms with Crippen molar-refractivity contribution in [3.63, 3.8) is 0 Å². The van der Waals surface area contributed by atoms with Gasteiger partial charge in [0.25, 0.3) is 0 Å². The van der Waals surface area contributed by atoms with Crippen LogP contribution in [0.5, 0.6) is 5.75 Å². The van der Waals surface area contributed by atoms with E-state index >= 15 is 0 Å². The molecular formula is C14H16N2O3. The lowest BCUT2D eigenvalue weighted by molar-refractivity contribution is -0.136. The maximum atomic E-state index is 10.7. The molecule has 19 heavy (non-hydrogen) atoms. The molecule has 1 heterocycles. The van der Waals surface area contributed by atoms with Crippen LogP contribution in [-0.2, 0) is 24.7 Å². The quantitative estimate of drug-likeness (QED) is 0.887. The Bertz CT molecular complexity index is 590. The summed E-state index contributed by atoms with van der Waals surface area (Å²) >= 11 is 0. The van der Waals surface area contributed by atoms with Crippen molar-refractivity contribution in [2.45, 2.75) is 12.8 Å². The minimum absolute atomic E-state index is 0.0184. The summed E-state index contributed by atoms with van der Waals surface area (Å²) in [5, 5.41) is 8.81. The summed E-state index contributed by atoms with van der Waals surface area (Å²) in [5.41, 5.74) is 1.72. The Morgan fingerprint density at radius 3 is 2.84 bits per heavy atom. The van der Waals surface area contributed by atoms with E-state index in [1.807, 2.05) is 35.9 Å². The first kappa shape index (κ1) is 13.1. The Morgan fingerprint density at radius 1 is 1.42 bits per heavy atom. The molecule has 0 unspecified atom stereocenters. The van der Waals surface area contributed by atoms with Gasteiger partial charge in [-0.1, -0.05) is 18.2 Å². The van der Waals surface area contributed by atoms with Gasteiger partial charge in [0.2, 0.25) is 0 Å². The SMILES string of the molecule is COc1ccccc1Cc1ncc(CC(=O)O)n1C. The van der Waals surface area contributed by atoms with Crippen LogP contribution in [0.4, 0.5) is 0 Å². The fraction of sp³-hybridized carbons (Fsp3) is 0.286. The molecule has 5 heteroatoms. The number of hydrogen-bond acceptors (Lipinski definition) is 3. The Kier molecular flexibility index (Phi) is 3.85. The number of methoxy groups -OCH3 is 1. The molecule has 0 aliphatic carbocycles. The number of benzene rings is 1. The first-order chi connectivity index (χ1) is 9.11. The number of hydrogen-bond donors (Lipinski definition) is 1. The van der Waals surface area contributed by atoms with Crippen LogP contribution < -0.4 is 4.74 Å². The third kappa shape index (κ3) is 2.93. The molecule has 100 valence electrons. The largest absolute Gasteiger partial charge is 0.496 e. The van der Waals surface area contributed by atoms with Crippen molar-refractivity contribution in [3.8, 4) is 5.75 Å². The number of ether oxygens (including phenoxy) is 1. The Morgan fingerprint density at radius 2 is 2.16 bits per heavy atom. The zero-order valence-corrected chi connectivity index (χ0v) is 11.0. The minimum atomic E-state index is -0.855. The van der Waals surface area contributed by atoms with Crippen LogP contribution in [0.15, 0.2) is 30.5 Å². The van der Waals surface area contributed by atoms with E-state index in [4.69, 9.17) is 9.84 Å². The third-order valence-electron chi connectivity index (χ3n) is 3.05. The number of aliphatic carboxylic acids is 1. The standard InChI is InChI=1S/C14H16N2O3/c1-16-11(8-14(17)18)9-15-13(16)7-10-5-3-4-6-12(10)19-2/h3-6,9H,7-8H2,1-2H3,(H,17,18). The number of carboxylic acids is 1. The van der Waals surface area contributed by atoms with E-state index in [0.29, 0.717) is 12.1 Å². The number of para-hydroxylation sites is 1. The molecule has 0 radical (unpaired) electrons. The van der Waals surface area contributed by atoms with Crippen LogP contribution in [0, 0.1) is 0 Å². The van der Waals surface area contributed by atoms with Gasteiger partial charge in [0.15, 0.2) is 0 Å². The van der Waals surface area contributed by atoms with Crippen LogP contribution in [0.1, 0.15) is 17.1 Å². The summed E-state index contributed by atoms with van der Waals surface area (Å²) in [5.74, 6) is 0.776. The van der Waals surface area contributed by atoms with Crippen molar-refractivity contribution < 1.29 is 14.6 Å². The highest BCUT2D eigenvalue weighted by molar-refractivity contribution is 5.69. The Balaban J connectivity index is 2.24. The van der Waals surface area contributed by atoms with Gasteiger partial charge in [0, 0.05) is 30.9 Å². The highest BCUT2D eigenvalue weighted by atomic mass is 16.5. The molecule has 0 spiro atoms. The molecule has 0 atom stereocenters. The first-order valence-corrected chi connectivity index (χ1v) is 5.95. The number of rotatable bonds is 5. The molecule has 2 rings (SSSR count). The molecule has 0 saturated carbocycles. The zero-order valence-electron chi connectivity index (χ0n) is 11.0. The lowest BCUT2D eigenvalue weighted by Gasteiger charge is -2.08. The summed E-state index contributed by atoms with van der Waals surface area (Å²) in [7, 11) is 3.46. The van der Waals surface area contributed by atoms with Crippen molar-refractivity contribution in [1.29, 1.82) is 0 Å². The van der Waals surface area contributed by atoms with Gasteiger partial charge in [0.1, 0.15) is 11.6 Å². The van der Waals surface area contributed by atoms with Gasteiger partial charge in [-0.15, -0.1) is 0 Å². The van der Waals surface area contributed by atoms with Crippen LogP contribution in [0.2, 0.25) is 0 Å². The van der Waals surface area contributed by atoms with Crippen LogP contribution >= 0.6 is 0 Å². The van der Waals surface area contributed by atoms with E-state index in [1.165, 1.54) is 0 Å². The highest BCUT2D eigenvalue weighted by Crippen LogP contribution is 2.20. The molecule has 1 aromatic heterocycles. The molecule has 1 aromatic carbocycles. The summed E-state index contributed by atoms with van der Waals surface area (Å²) in [6.07, 6.45) is 2.20. The molecule has 2 aromatic rings. The average Bonchev–Trinajstić information content (AvgIpc) is 2.72.